The maximum Gasteiger partial charge on any atom is 0.358 e. The molecule has 0 saturated carbocycles. The molecule has 0 aromatic heterocycles. The minimum atomic E-state index is -4.36. The van der Waals surface area contributed by atoms with Gasteiger partial charge in [0.1, 0.15) is 6.04 Å². The van der Waals surface area contributed by atoms with E-state index in [0.717, 1.165) is 12.1 Å². The summed E-state index contributed by atoms with van der Waals surface area (Å²) in [6.07, 6.45) is -0.213. The molecular weight excluding hydrogens is 304 g/mol. The van der Waals surface area contributed by atoms with Gasteiger partial charge in [0.2, 0.25) is 5.91 Å². The van der Waals surface area contributed by atoms with Gasteiger partial charge in [-0.15, -0.1) is 0 Å². The zero-order valence-corrected chi connectivity index (χ0v) is 11.5. The van der Waals surface area contributed by atoms with Gasteiger partial charge < -0.3 is 11.1 Å². The SMILES string of the molecule is N[C@@H](CCC(=O)Nc1cccc(S(=O)(=O)O)c1)C(=O)OO. The Balaban J connectivity index is 2.62. The first-order valence-corrected chi connectivity index (χ1v) is 7.16. The van der Waals surface area contributed by atoms with E-state index in [1.54, 1.807) is 0 Å². The maximum atomic E-state index is 11.6. The molecule has 0 heterocycles. The predicted octanol–water partition coefficient (Wildman–Crippen LogP) is -0.00450. The van der Waals surface area contributed by atoms with Crippen LogP contribution in [0.25, 0.3) is 0 Å². The fourth-order valence-corrected chi connectivity index (χ4v) is 1.96. The van der Waals surface area contributed by atoms with E-state index in [0.29, 0.717) is 0 Å². The molecule has 0 saturated heterocycles. The summed E-state index contributed by atoms with van der Waals surface area (Å²) in [6, 6.07) is 3.86. The number of carbonyl (C=O) groups is 2. The number of carbonyl (C=O) groups excluding carboxylic acids is 2. The molecule has 10 heteroatoms. The van der Waals surface area contributed by atoms with Crippen LogP contribution < -0.4 is 11.1 Å². The van der Waals surface area contributed by atoms with Crippen LogP contribution in [-0.2, 0) is 24.6 Å². The molecule has 21 heavy (non-hydrogen) atoms. The third-order valence-corrected chi connectivity index (χ3v) is 3.34. The van der Waals surface area contributed by atoms with Crippen molar-refractivity contribution < 1.29 is 32.7 Å². The summed E-state index contributed by atoms with van der Waals surface area (Å²) in [7, 11) is -4.36. The van der Waals surface area contributed by atoms with Crippen LogP contribution in [0.4, 0.5) is 5.69 Å². The lowest BCUT2D eigenvalue weighted by atomic mass is 10.1. The fraction of sp³-hybridized carbons (Fsp3) is 0.273. The summed E-state index contributed by atoms with van der Waals surface area (Å²) >= 11 is 0. The molecule has 0 aliphatic heterocycles. The second-order valence-electron chi connectivity index (χ2n) is 4.11. The van der Waals surface area contributed by atoms with Crippen LogP contribution >= 0.6 is 0 Å². The van der Waals surface area contributed by atoms with E-state index in [1.165, 1.54) is 12.1 Å². The van der Waals surface area contributed by atoms with Crippen molar-refractivity contribution in [1.29, 1.82) is 0 Å². The van der Waals surface area contributed by atoms with Crippen molar-refractivity contribution in [3.05, 3.63) is 24.3 Å². The largest absolute Gasteiger partial charge is 0.358 e. The van der Waals surface area contributed by atoms with E-state index in [1.807, 2.05) is 0 Å². The number of hydrogen-bond acceptors (Lipinski definition) is 7. The van der Waals surface area contributed by atoms with Crippen LogP contribution in [-0.4, -0.2) is 36.1 Å². The normalized spacial score (nSPS) is 12.5. The molecule has 1 amide bonds. The van der Waals surface area contributed by atoms with Crippen molar-refractivity contribution in [2.24, 2.45) is 5.73 Å². The van der Waals surface area contributed by atoms with Crippen LogP contribution in [0.1, 0.15) is 12.8 Å². The molecular formula is C11H14N2O7S. The third kappa shape index (κ3) is 5.47. The standard InChI is InChI=1S/C11H14N2O7S/c12-9(11(15)20-16)4-5-10(14)13-7-2-1-3-8(6-7)21(17,18)19/h1-3,6,9,16H,4-5,12H2,(H,13,14)(H,17,18,19)/t9-/m0/s1. The molecule has 0 bridgehead atoms. The molecule has 0 radical (unpaired) electrons. The lowest BCUT2D eigenvalue weighted by Crippen LogP contribution is -2.32. The minimum Gasteiger partial charge on any atom is -0.326 e. The van der Waals surface area contributed by atoms with Crippen molar-refractivity contribution in [1.82, 2.24) is 0 Å². The van der Waals surface area contributed by atoms with Gasteiger partial charge >= 0.3 is 5.97 Å². The van der Waals surface area contributed by atoms with Gasteiger partial charge in [-0.05, 0) is 24.6 Å². The van der Waals surface area contributed by atoms with Crippen molar-refractivity contribution in [2.45, 2.75) is 23.8 Å². The van der Waals surface area contributed by atoms with Gasteiger partial charge in [0, 0.05) is 12.1 Å². The number of hydrogen-bond donors (Lipinski definition) is 4. The molecule has 0 spiro atoms. The number of nitrogens with two attached hydrogens (primary N) is 1. The number of anilines is 1. The molecule has 0 fully saturated rings. The highest BCUT2D eigenvalue weighted by molar-refractivity contribution is 7.85. The van der Waals surface area contributed by atoms with Crippen LogP contribution in [0.3, 0.4) is 0 Å². The zero-order chi connectivity index (χ0) is 16.0. The van der Waals surface area contributed by atoms with Gasteiger partial charge in [-0.3, -0.25) is 14.2 Å². The lowest BCUT2D eigenvalue weighted by molar-refractivity contribution is -0.235. The Morgan fingerprint density at radius 1 is 1.38 bits per heavy atom. The lowest BCUT2D eigenvalue weighted by Gasteiger charge is -2.09. The summed E-state index contributed by atoms with van der Waals surface area (Å²) in [5.74, 6) is -1.58. The highest BCUT2D eigenvalue weighted by Gasteiger charge is 2.17. The summed E-state index contributed by atoms with van der Waals surface area (Å²) in [5.41, 5.74) is 5.48. The summed E-state index contributed by atoms with van der Waals surface area (Å²) < 4.78 is 30.8. The molecule has 0 aliphatic rings. The minimum absolute atomic E-state index is 0.0663. The van der Waals surface area contributed by atoms with E-state index < -0.39 is 28.0 Å². The quantitative estimate of drug-likeness (QED) is 0.324. The Kier molecular flexibility index (Phi) is 5.79. The fourth-order valence-electron chi connectivity index (χ4n) is 1.43. The Morgan fingerprint density at radius 3 is 2.62 bits per heavy atom. The summed E-state index contributed by atoms with van der Waals surface area (Å²) in [5, 5.41) is 10.5. The molecule has 116 valence electrons. The molecule has 0 unspecified atom stereocenters. The van der Waals surface area contributed by atoms with Crippen molar-refractivity contribution >= 4 is 27.7 Å². The molecule has 5 N–H and O–H groups in total. The first kappa shape index (κ1) is 17.0. The van der Waals surface area contributed by atoms with Crippen LogP contribution in [0.5, 0.6) is 0 Å². The Bertz CT molecular complexity index is 629. The van der Waals surface area contributed by atoms with Crippen molar-refractivity contribution in [3.63, 3.8) is 0 Å². The van der Waals surface area contributed by atoms with Crippen LogP contribution in [0.2, 0.25) is 0 Å². The van der Waals surface area contributed by atoms with Gasteiger partial charge in [0.25, 0.3) is 10.1 Å². The Morgan fingerprint density at radius 2 is 2.05 bits per heavy atom. The van der Waals surface area contributed by atoms with Gasteiger partial charge in [0.15, 0.2) is 0 Å². The number of nitrogens with one attached hydrogen (secondary N) is 1. The predicted molar refractivity (Wildman–Crippen MR) is 70.8 cm³/mol. The average Bonchev–Trinajstić information content (AvgIpc) is 2.43. The Labute approximate surface area is 120 Å². The zero-order valence-electron chi connectivity index (χ0n) is 10.7. The topological polar surface area (TPSA) is 156 Å². The van der Waals surface area contributed by atoms with E-state index >= 15 is 0 Å². The second-order valence-corrected chi connectivity index (χ2v) is 5.53. The van der Waals surface area contributed by atoms with E-state index in [9.17, 15) is 18.0 Å². The molecule has 1 aromatic rings. The number of amides is 1. The molecule has 1 rings (SSSR count). The second kappa shape index (κ2) is 7.13. The van der Waals surface area contributed by atoms with E-state index in [-0.39, 0.29) is 23.4 Å². The third-order valence-electron chi connectivity index (χ3n) is 2.49. The Hall–Kier alpha value is -2.01. The number of benzene rings is 1. The summed E-state index contributed by atoms with van der Waals surface area (Å²) in [6.45, 7) is 0. The van der Waals surface area contributed by atoms with Crippen LogP contribution in [0, 0.1) is 0 Å². The average molecular weight is 318 g/mol. The van der Waals surface area contributed by atoms with E-state index in [4.69, 9.17) is 15.5 Å². The molecule has 9 nitrogen and oxygen atoms in total. The maximum absolute atomic E-state index is 11.6. The first-order valence-electron chi connectivity index (χ1n) is 5.72. The summed E-state index contributed by atoms with van der Waals surface area (Å²) in [4.78, 5) is 25.5. The first-order chi connectivity index (χ1) is 9.74. The van der Waals surface area contributed by atoms with Crippen LogP contribution in [0.15, 0.2) is 29.2 Å². The van der Waals surface area contributed by atoms with Gasteiger partial charge in [-0.2, -0.15) is 13.7 Å². The molecule has 1 aromatic carbocycles. The van der Waals surface area contributed by atoms with Gasteiger partial charge in [-0.1, -0.05) is 6.07 Å². The number of rotatable bonds is 6. The highest BCUT2D eigenvalue weighted by Crippen LogP contribution is 2.15. The van der Waals surface area contributed by atoms with Crippen molar-refractivity contribution in [3.8, 4) is 0 Å². The monoisotopic (exact) mass is 318 g/mol. The van der Waals surface area contributed by atoms with Gasteiger partial charge in [0.05, 0.1) is 4.90 Å². The highest BCUT2D eigenvalue weighted by atomic mass is 32.2. The van der Waals surface area contributed by atoms with E-state index in [2.05, 4.69) is 10.2 Å². The van der Waals surface area contributed by atoms with Crippen molar-refractivity contribution in [2.75, 3.05) is 5.32 Å². The molecule has 1 atom stereocenters. The smallest absolute Gasteiger partial charge is 0.326 e. The van der Waals surface area contributed by atoms with Gasteiger partial charge in [-0.25, -0.2) is 4.79 Å². The molecule has 0 aliphatic carbocycles.